The minimum atomic E-state index is -1.20. The summed E-state index contributed by atoms with van der Waals surface area (Å²) >= 11 is 0. The number of aliphatic hydroxyl groups is 1. The van der Waals surface area contributed by atoms with E-state index in [1.54, 1.807) is 19.1 Å². The molecule has 0 aliphatic heterocycles. The van der Waals surface area contributed by atoms with E-state index in [0.717, 1.165) is 18.4 Å². The van der Waals surface area contributed by atoms with Crippen LogP contribution in [0.2, 0.25) is 0 Å². The Bertz CT molecular complexity index is 902. The second-order valence-corrected chi connectivity index (χ2v) is 11.4. The molecule has 0 saturated heterocycles. The van der Waals surface area contributed by atoms with Gasteiger partial charge in [0, 0.05) is 29.1 Å². The van der Waals surface area contributed by atoms with Gasteiger partial charge in [-0.3, -0.25) is 14.4 Å². The van der Waals surface area contributed by atoms with Gasteiger partial charge in [-0.05, 0) is 62.5 Å². The van der Waals surface area contributed by atoms with Gasteiger partial charge in [-0.2, -0.15) is 0 Å². The van der Waals surface area contributed by atoms with Crippen molar-refractivity contribution in [1.29, 1.82) is 0 Å². The Kier molecular flexibility index (Phi) is 5.59. The van der Waals surface area contributed by atoms with Gasteiger partial charge in [0.15, 0.2) is 17.2 Å². The molecule has 3 fully saturated rings. The summed E-state index contributed by atoms with van der Waals surface area (Å²) in [5, 5.41) is 11.6. The number of aliphatic hydroxyl groups excluding tert-OH is 1. The van der Waals surface area contributed by atoms with E-state index in [-0.39, 0.29) is 52.5 Å². The fourth-order valence-electron chi connectivity index (χ4n) is 8.54. The topological polar surface area (TPSA) is 80.7 Å². The quantitative estimate of drug-likeness (QED) is 0.652. The average molecular weight is 443 g/mol. The van der Waals surface area contributed by atoms with Gasteiger partial charge in [-0.1, -0.05) is 46.3 Å². The van der Waals surface area contributed by atoms with Crippen LogP contribution >= 0.6 is 0 Å². The highest BCUT2D eigenvalue weighted by Gasteiger charge is 2.72. The number of ketones is 2. The lowest BCUT2D eigenvalue weighted by atomic mass is 9.44. The Labute approximate surface area is 191 Å². The molecule has 1 N–H and O–H groups in total. The van der Waals surface area contributed by atoms with Crippen molar-refractivity contribution in [2.45, 2.75) is 85.4 Å². The van der Waals surface area contributed by atoms with E-state index in [4.69, 9.17) is 4.74 Å². The molecule has 0 unspecified atom stereocenters. The van der Waals surface area contributed by atoms with Crippen LogP contribution in [0, 0.1) is 40.4 Å². The van der Waals surface area contributed by atoms with Crippen molar-refractivity contribution >= 4 is 17.5 Å². The standard InChI is InChI=1S/C27H38O5/c1-7-8-23(31)32-27(17(4)28)16(3)12-21-19-11-15(2)20-13-18(29)9-10-25(20,5)24(19)22(30)14-26(21,27)6/h9-10,13,15-16,19,21-22,24,30H,7-8,11-12,14H2,1-6H3/t15-,16-,19-,21-,22-,24+,25-,26-,27-/m0/s1. The van der Waals surface area contributed by atoms with Gasteiger partial charge >= 0.3 is 5.97 Å². The number of allylic oxidation sites excluding steroid dienone is 4. The van der Waals surface area contributed by atoms with Crippen LogP contribution in [-0.2, 0) is 19.1 Å². The molecule has 4 rings (SSSR count). The van der Waals surface area contributed by atoms with Crippen LogP contribution < -0.4 is 0 Å². The zero-order valence-corrected chi connectivity index (χ0v) is 20.3. The summed E-state index contributed by atoms with van der Waals surface area (Å²) in [6, 6.07) is 0. The number of carbonyl (C=O) groups is 3. The van der Waals surface area contributed by atoms with E-state index in [9.17, 15) is 19.5 Å². The van der Waals surface area contributed by atoms with Crippen molar-refractivity contribution in [3.63, 3.8) is 0 Å². The maximum Gasteiger partial charge on any atom is 0.306 e. The fourth-order valence-corrected chi connectivity index (χ4v) is 8.54. The first-order valence-electron chi connectivity index (χ1n) is 12.3. The highest BCUT2D eigenvalue weighted by Crippen LogP contribution is 2.69. The normalized spacial score (nSPS) is 47.2. The van der Waals surface area contributed by atoms with Crippen molar-refractivity contribution < 1.29 is 24.2 Å². The van der Waals surface area contributed by atoms with E-state index in [1.807, 2.05) is 19.9 Å². The Morgan fingerprint density at radius 2 is 1.91 bits per heavy atom. The van der Waals surface area contributed by atoms with Gasteiger partial charge in [0.2, 0.25) is 0 Å². The van der Waals surface area contributed by atoms with Crippen molar-refractivity contribution in [2.75, 3.05) is 0 Å². The number of esters is 1. The number of hydrogen-bond donors (Lipinski definition) is 1. The van der Waals surface area contributed by atoms with Crippen LogP contribution in [0.1, 0.15) is 73.6 Å². The minimum absolute atomic E-state index is 0.0193. The third-order valence-electron chi connectivity index (χ3n) is 9.61. The largest absolute Gasteiger partial charge is 0.450 e. The number of hydrogen-bond acceptors (Lipinski definition) is 5. The summed E-state index contributed by atoms with van der Waals surface area (Å²) in [5.41, 5.74) is -1.07. The molecule has 3 saturated carbocycles. The maximum atomic E-state index is 13.2. The molecule has 4 aliphatic rings. The SMILES string of the molecule is CCCC(=O)O[C@]1(C(C)=O)[C@@H](C)C[C@H]2[C@@H]3C[C@H](C)C4=CC(=O)C=C[C@]4(C)[C@H]3[C@@H](O)C[C@@]21C. The Morgan fingerprint density at radius 3 is 2.53 bits per heavy atom. The predicted molar refractivity (Wildman–Crippen MR) is 122 cm³/mol. The van der Waals surface area contributed by atoms with Crippen LogP contribution in [0.5, 0.6) is 0 Å². The molecule has 0 aromatic carbocycles. The lowest BCUT2D eigenvalue weighted by molar-refractivity contribution is -0.204. The van der Waals surface area contributed by atoms with Crippen LogP contribution in [-0.4, -0.2) is 34.3 Å². The molecular weight excluding hydrogens is 404 g/mol. The molecule has 0 radical (unpaired) electrons. The first kappa shape index (κ1) is 23.4. The smallest absolute Gasteiger partial charge is 0.306 e. The number of Topliss-reactive ketones (excluding diaryl/α,β-unsaturated/α-hetero) is 1. The molecule has 0 spiro atoms. The van der Waals surface area contributed by atoms with Gasteiger partial charge in [-0.25, -0.2) is 0 Å². The molecule has 32 heavy (non-hydrogen) atoms. The summed E-state index contributed by atoms with van der Waals surface area (Å²) in [6.45, 7) is 11.9. The maximum absolute atomic E-state index is 13.2. The lowest BCUT2D eigenvalue weighted by Crippen LogP contribution is -2.63. The van der Waals surface area contributed by atoms with Crippen LogP contribution in [0.15, 0.2) is 23.8 Å². The van der Waals surface area contributed by atoms with Crippen LogP contribution in [0.25, 0.3) is 0 Å². The average Bonchev–Trinajstić information content (AvgIpc) is 2.91. The lowest BCUT2D eigenvalue weighted by Gasteiger charge is -2.61. The Balaban J connectivity index is 1.79. The molecule has 9 atom stereocenters. The predicted octanol–water partition coefficient (Wildman–Crippen LogP) is 4.43. The molecule has 0 bridgehead atoms. The third kappa shape index (κ3) is 2.96. The van der Waals surface area contributed by atoms with Gasteiger partial charge in [0.25, 0.3) is 0 Å². The zero-order valence-electron chi connectivity index (χ0n) is 20.3. The highest BCUT2D eigenvalue weighted by molar-refractivity contribution is 6.01. The number of fused-ring (bicyclic) bond motifs is 5. The van der Waals surface area contributed by atoms with Gasteiger partial charge < -0.3 is 9.84 Å². The first-order valence-corrected chi connectivity index (χ1v) is 12.3. The third-order valence-corrected chi connectivity index (χ3v) is 9.61. The minimum Gasteiger partial charge on any atom is -0.450 e. The van der Waals surface area contributed by atoms with Crippen LogP contribution in [0.3, 0.4) is 0 Å². The molecule has 0 amide bonds. The zero-order chi connectivity index (χ0) is 23.6. The van der Waals surface area contributed by atoms with Crippen LogP contribution in [0.4, 0.5) is 0 Å². The first-order chi connectivity index (χ1) is 14.9. The van der Waals surface area contributed by atoms with Gasteiger partial charge in [0.05, 0.1) is 6.10 Å². The van der Waals surface area contributed by atoms with E-state index < -0.39 is 17.1 Å². The van der Waals surface area contributed by atoms with Crippen molar-refractivity contribution in [3.05, 3.63) is 23.8 Å². The number of carbonyl (C=O) groups excluding carboxylic acids is 3. The highest BCUT2D eigenvalue weighted by atomic mass is 16.6. The second kappa shape index (κ2) is 7.65. The molecule has 0 aromatic heterocycles. The number of ether oxygens (including phenoxy) is 1. The summed E-state index contributed by atoms with van der Waals surface area (Å²) in [7, 11) is 0. The monoisotopic (exact) mass is 442 g/mol. The Morgan fingerprint density at radius 1 is 1.22 bits per heavy atom. The molecule has 4 aliphatic carbocycles. The molecule has 5 heteroatoms. The van der Waals surface area contributed by atoms with Crippen molar-refractivity contribution in [2.24, 2.45) is 40.4 Å². The Hall–Kier alpha value is -1.75. The molecule has 5 nitrogen and oxygen atoms in total. The van der Waals surface area contributed by atoms with E-state index in [1.165, 1.54) is 0 Å². The summed E-state index contributed by atoms with van der Waals surface area (Å²) in [4.78, 5) is 38.0. The van der Waals surface area contributed by atoms with E-state index in [2.05, 4.69) is 20.8 Å². The molecular formula is C27H38O5. The van der Waals surface area contributed by atoms with Gasteiger partial charge in [-0.15, -0.1) is 0 Å². The molecule has 0 aromatic rings. The summed E-state index contributed by atoms with van der Waals surface area (Å²) in [5.74, 6) is 0.0306. The summed E-state index contributed by atoms with van der Waals surface area (Å²) in [6.07, 6.45) is 7.82. The number of rotatable bonds is 4. The fraction of sp³-hybridized carbons (Fsp3) is 0.741. The van der Waals surface area contributed by atoms with E-state index in [0.29, 0.717) is 19.3 Å². The van der Waals surface area contributed by atoms with Crippen molar-refractivity contribution in [3.8, 4) is 0 Å². The second-order valence-electron chi connectivity index (χ2n) is 11.4. The molecule has 0 heterocycles. The van der Waals surface area contributed by atoms with E-state index >= 15 is 0 Å². The van der Waals surface area contributed by atoms with Gasteiger partial charge in [0.1, 0.15) is 0 Å². The molecule has 176 valence electrons. The van der Waals surface area contributed by atoms with Crippen molar-refractivity contribution in [1.82, 2.24) is 0 Å². The summed E-state index contributed by atoms with van der Waals surface area (Å²) < 4.78 is 6.12.